The van der Waals surface area contributed by atoms with Gasteiger partial charge in [0.1, 0.15) is 0 Å². The fourth-order valence-corrected chi connectivity index (χ4v) is 4.85. The standard InChI is InChI=1S/C20H29N3O4S/c1-14(2)28(26,27)18-5-3-15(4-6-18)11-19(24)23-12-17(13-23)22-9-7-16(8-10-22)20(21)25/h3-6,14,16-17H,7-13H2,1-2H3,(H2,21,25). The summed E-state index contributed by atoms with van der Waals surface area (Å²) >= 11 is 0. The zero-order valence-electron chi connectivity index (χ0n) is 16.5. The molecule has 0 spiro atoms. The van der Waals surface area contributed by atoms with Crippen LogP contribution in [-0.4, -0.2) is 67.5 Å². The van der Waals surface area contributed by atoms with E-state index >= 15 is 0 Å². The Morgan fingerprint density at radius 3 is 2.18 bits per heavy atom. The molecule has 2 N–H and O–H groups in total. The van der Waals surface area contributed by atoms with Crippen molar-refractivity contribution in [1.29, 1.82) is 0 Å². The third-order valence-electron chi connectivity index (χ3n) is 5.89. The summed E-state index contributed by atoms with van der Waals surface area (Å²) in [4.78, 5) is 28.2. The average molecular weight is 408 g/mol. The lowest BCUT2D eigenvalue weighted by Crippen LogP contribution is -2.62. The van der Waals surface area contributed by atoms with Crippen LogP contribution in [0.25, 0.3) is 0 Å². The number of amides is 2. The van der Waals surface area contributed by atoms with Gasteiger partial charge >= 0.3 is 0 Å². The first-order valence-corrected chi connectivity index (χ1v) is 11.4. The van der Waals surface area contributed by atoms with Crippen LogP contribution in [0.1, 0.15) is 32.3 Å². The quantitative estimate of drug-likeness (QED) is 0.752. The lowest BCUT2D eigenvalue weighted by atomic mass is 9.93. The Kier molecular flexibility index (Phi) is 6.09. The first-order valence-electron chi connectivity index (χ1n) is 9.82. The van der Waals surface area contributed by atoms with Gasteiger partial charge in [0.15, 0.2) is 9.84 Å². The molecule has 8 heteroatoms. The summed E-state index contributed by atoms with van der Waals surface area (Å²) in [7, 11) is -3.29. The number of sulfone groups is 1. The summed E-state index contributed by atoms with van der Waals surface area (Å²) in [6.45, 7) is 6.44. The lowest BCUT2D eigenvalue weighted by Gasteiger charge is -2.47. The smallest absolute Gasteiger partial charge is 0.227 e. The van der Waals surface area contributed by atoms with Crippen molar-refractivity contribution in [3.05, 3.63) is 29.8 Å². The SMILES string of the molecule is CC(C)S(=O)(=O)c1ccc(CC(=O)N2CC(N3CCC(C(N)=O)CC3)C2)cc1. The number of piperidine rings is 1. The molecule has 2 fully saturated rings. The number of benzene rings is 1. The summed E-state index contributed by atoms with van der Waals surface area (Å²) in [5, 5.41) is -0.467. The zero-order valence-corrected chi connectivity index (χ0v) is 17.3. The van der Waals surface area contributed by atoms with Crippen LogP contribution in [-0.2, 0) is 25.8 Å². The number of nitrogens with two attached hydrogens (primary N) is 1. The second-order valence-corrected chi connectivity index (χ2v) is 10.6. The largest absolute Gasteiger partial charge is 0.369 e. The van der Waals surface area contributed by atoms with Gasteiger partial charge in [0.2, 0.25) is 11.8 Å². The van der Waals surface area contributed by atoms with Gasteiger partial charge in [-0.15, -0.1) is 0 Å². The van der Waals surface area contributed by atoms with E-state index in [0.29, 0.717) is 24.0 Å². The van der Waals surface area contributed by atoms with E-state index in [2.05, 4.69) is 4.90 Å². The van der Waals surface area contributed by atoms with Gasteiger partial charge in [-0.25, -0.2) is 8.42 Å². The molecule has 0 atom stereocenters. The van der Waals surface area contributed by atoms with Crippen LogP contribution in [0.3, 0.4) is 0 Å². The van der Waals surface area contributed by atoms with Gasteiger partial charge in [0.25, 0.3) is 0 Å². The highest BCUT2D eigenvalue weighted by atomic mass is 32.2. The monoisotopic (exact) mass is 407 g/mol. The van der Waals surface area contributed by atoms with Gasteiger partial charge in [-0.1, -0.05) is 12.1 Å². The van der Waals surface area contributed by atoms with Crippen LogP contribution < -0.4 is 5.73 Å². The number of hydrogen-bond acceptors (Lipinski definition) is 5. The minimum atomic E-state index is -3.29. The third kappa shape index (κ3) is 4.38. The number of carbonyl (C=O) groups excluding carboxylic acids is 2. The molecular formula is C20H29N3O4S. The van der Waals surface area contributed by atoms with Crippen LogP contribution in [0.5, 0.6) is 0 Å². The maximum Gasteiger partial charge on any atom is 0.227 e. The van der Waals surface area contributed by atoms with Crippen LogP contribution in [0, 0.1) is 5.92 Å². The predicted molar refractivity (Wildman–Crippen MR) is 106 cm³/mol. The van der Waals surface area contributed by atoms with E-state index in [1.807, 2.05) is 4.90 Å². The molecule has 28 heavy (non-hydrogen) atoms. The molecule has 2 aliphatic rings. The summed E-state index contributed by atoms with van der Waals surface area (Å²) in [6.07, 6.45) is 1.87. The second-order valence-electron chi connectivity index (χ2n) is 8.08. The van der Waals surface area contributed by atoms with E-state index < -0.39 is 15.1 Å². The molecular weight excluding hydrogens is 378 g/mol. The van der Waals surface area contributed by atoms with Crippen molar-refractivity contribution in [1.82, 2.24) is 9.80 Å². The molecule has 2 amide bonds. The summed E-state index contributed by atoms with van der Waals surface area (Å²) in [5.74, 6) is -0.170. The topological polar surface area (TPSA) is 101 Å². The normalized spacial score (nSPS) is 19.6. The molecule has 1 aromatic carbocycles. The van der Waals surface area contributed by atoms with Crippen LogP contribution in [0.15, 0.2) is 29.2 Å². The van der Waals surface area contributed by atoms with E-state index in [1.54, 1.807) is 38.1 Å². The Morgan fingerprint density at radius 1 is 1.11 bits per heavy atom. The van der Waals surface area contributed by atoms with Gasteiger partial charge in [0, 0.05) is 25.0 Å². The molecule has 0 aliphatic carbocycles. The number of likely N-dealkylation sites (tertiary alicyclic amines) is 2. The first-order chi connectivity index (χ1) is 13.2. The molecule has 7 nitrogen and oxygen atoms in total. The first kappa shape index (κ1) is 20.8. The number of primary amides is 1. The lowest BCUT2D eigenvalue weighted by molar-refractivity contribution is -0.138. The maximum absolute atomic E-state index is 12.5. The fourth-order valence-electron chi connectivity index (χ4n) is 3.79. The van der Waals surface area contributed by atoms with Crippen LogP contribution >= 0.6 is 0 Å². The van der Waals surface area contributed by atoms with Crippen molar-refractivity contribution in [2.24, 2.45) is 11.7 Å². The Labute approximate surface area is 166 Å². The molecule has 0 saturated carbocycles. The van der Waals surface area contributed by atoms with Crippen LogP contribution in [0.2, 0.25) is 0 Å². The van der Waals surface area contributed by atoms with Gasteiger partial charge < -0.3 is 10.6 Å². The Bertz CT molecular complexity index is 822. The van der Waals surface area contributed by atoms with E-state index in [9.17, 15) is 18.0 Å². The number of hydrogen-bond donors (Lipinski definition) is 1. The summed E-state index contributed by atoms with van der Waals surface area (Å²) in [5.41, 5.74) is 6.19. The summed E-state index contributed by atoms with van der Waals surface area (Å²) in [6, 6.07) is 6.97. The van der Waals surface area contributed by atoms with Crippen LogP contribution in [0.4, 0.5) is 0 Å². The maximum atomic E-state index is 12.5. The fraction of sp³-hybridized carbons (Fsp3) is 0.600. The summed E-state index contributed by atoms with van der Waals surface area (Å²) < 4.78 is 24.3. The second kappa shape index (κ2) is 8.21. The molecule has 0 unspecified atom stereocenters. The van der Waals surface area contributed by atoms with Gasteiger partial charge in [0.05, 0.1) is 16.6 Å². The van der Waals surface area contributed by atoms with Crippen molar-refractivity contribution < 1.29 is 18.0 Å². The highest BCUT2D eigenvalue weighted by Crippen LogP contribution is 2.24. The molecule has 154 valence electrons. The van der Waals surface area contributed by atoms with Crippen molar-refractivity contribution in [2.45, 2.75) is 49.3 Å². The minimum absolute atomic E-state index is 0.0171. The van der Waals surface area contributed by atoms with Gasteiger partial charge in [-0.3, -0.25) is 14.5 Å². The van der Waals surface area contributed by atoms with E-state index in [0.717, 1.165) is 31.5 Å². The van der Waals surface area contributed by atoms with Crippen molar-refractivity contribution >= 4 is 21.7 Å². The van der Waals surface area contributed by atoms with Crippen molar-refractivity contribution in [2.75, 3.05) is 26.2 Å². The number of rotatable bonds is 6. The highest BCUT2D eigenvalue weighted by Gasteiger charge is 2.36. The van der Waals surface area contributed by atoms with E-state index in [1.165, 1.54) is 0 Å². The molecule has 0 bridgehead atoms. The van der Waals surface area contributed by atoms with Gasteiger partial charge in [-0.2, -0.15) is 0 Å². The van der Waals surface area contributed by atoms with Gasteiger partial charge in [-0.05, 0) is 57.5 Å². The average Bonchev–Trinajstić information content (AvgIpc) is 2.61. The Balaban J connectivity index is 1.48. The number of nitrogens with zero attached hydrogens (tertiary/aromatic N) is 2. The minimum Gasteiger partial charge on any atom is -0.369 e. The molecule has 3 rings (SSSR count). The molecule has 2 aliphatic heterocycles. The zero-order chi connectivity index (χ0) is 20.5. The molecule has 0 radical (unpaired) electrons. The molecule has 2 saturated heterocycles. The highest BCUT2D eigenvalue weighted by molar-refractivity contribution is 7.92. The third-order valence-corrected chi connectivity index (χ3v) is 8.06. The Morgan fingerprint density at radius 2 is 1.68 bits per heavy atom. The predicted octanol–water partition coefficient (Wildman–Crippen LogP) is 0.819. The van der Waals surface area contributed by atoms with E-state index in [-0.39, 0.29) is 24.2 Å². The molecule has 0 aromatic heterocycles. The molecule has 2 heterocycles. The van der Waals surface area contributed by atoms with Crippen molar-refractivity contribution in [3.8, 4) is 0 Å². The van der Waals surface area contributed by atoms with Crippen molar-refractivity contribution in [3.63, 3.8) is 0 Å². The molecule has 1 aromatic rings. The van der Waals surface area contributed by atoms with E-state index in [4.69, 9.17) is 5.73 Å². The number of carbonyl (C=O) groups is 2. The Hall–Kier alpha value is -1.93.